The standard InChI is InChI=1S/C19H16N4O5S2/c24-16-14(29-19(27)23(16)9-3-8-20-18(25)26)10-11-6-7-15(28-11)30-17-21-12-4-1-2-5-13(12)22-17/h1-2,4-7,10,20H,3,8-9H2,(H,21,22)(H,25,26)/b14-10+. The van der Waals surface area contributed by atoms with E-state index in [0.717, 1.165) is 27.7 Å². The number of aromatic nitrogens is 2. The van der Waals surface area contributed by atoms with E-state index in [1.165, 1.54) is 17.8 Å². The molecule has 1 aliphatic heterocycles. The molecular formula is C19H16N4O5S2. The molecule has 0 bridgehead atoms. The molecule has 1 fully saturated rings. The molecule has 9 nitrogen and oxygen atoms in total. The van der Waals surface area contributed by atoms with E-state index in [1.807, 2.05) is 24.3 Å². The van der Waals surface area contributed by atoms with Crippen LogP contribution in [0.4, 0.5) is 9.59 Å². The van der Waals surface area contributed by atoms with E-state index in [0.29, 0.717) is 22.4 Å². The molecule has 4 rings (SSSR count). The van der Waals surface area contributed by atoms with Crippen LogP contribution < -0.4 is 5.32 Å². The van der Waals surface area contributed by atoms with Gasteiger partial charge in [-0.15, -0.1) is 0 Å². The maximum atomic E-state index is 12.5. The van der Waals surface area contributed by atoms with Crippen LogP contribution in [0.3, 0.4) is 0 Å². The highest BCUT2D eigenvalue weighted by Gasteiger charge is 2.34. The number of nitrogens with one attached hydrogen (secondary N) is 2. The zero-order valence-corrected chi connectivity index (χ0v) is 17.1. The van der Waals surface area contributed by atoms with E-state index in [-0.39, 0.29) is 23.2 Å². The summed E-state index contributed by atoms with van der Waals surface area (Å²) in [5, 5.41) is 11.7. The lowest BCUT2D eigenvalue weighted by atomic mass is 10.3. The number of carbonyl (C=O) groups is 3. The normalized spacial score (nSPS) is 15.5. The Morgan fingerprint density at radius 2 is 2.13 bits per heavy atom. The van der Waals surface area contributed by atoms with Crippen LogP contribution in [0.1, 0.15) is 12.2 Å². The van der Waals surface area contributed by atoms with Crippen LogP contribution in [-0.4, -0.2) is 50.3 Å². The molecule has 0 aliphatic carbocycles. The molecule has 0 radical (unpaired) electrons. The summed E-state index contributed by atoms with van der Waals surface area (Å²) in [4.78, 5) is 44.1. The lowest BCUT2D eigenvalue weighted by Gasteiger charge is -2.11. The molecule has 11 heteroatoms. The number of para-hydroxylation sites is 2. The van der Waals surface area contributed by atoms with Crippen molar-refractivity contribution in [1.29, 1.82) is 0 Å². The fourth-order valence-electron chi connectivity index (χ4n) is 2.79. The average molecular weight is 444 g/mol. The Bertz CT molecular complexity index is 1120. The lowest BCUT2D eigenvalue weighted by molar-refractivity contribution is -0.122. The van der Waals surface area contributed by atoms with E-state index < -0.39 is 12.0 Å². The van der Waals surface area contributed by atoms with Gasteiger partial charge >= 0.3 is 6.09 Å². The maximum Gasteiger partial charge on any atom is 0.404 e. The minimum atomic E-state index is -1.14. The molecule has 1 aromatic carbocycles. The number of nitrogens with zero attached hydrogens (tertiary/aromatic N) is 2. The van der Waals surface area contributed by atoms with Gasteiger partial charge < -0.3 is 19.8 Å². The van der Waals surface area contributed by atoms with Crippen LogP contribution in [0.2, 0.25) is 0 Å². The quantitative estimate of drug-likeness (QED) is 0.368. The number of hydrogen-bond donors (Lipinski definition) is 3. The molecule has 0 atom stereocenters. The first kappa shape index (κ1) is 20.1. The fraction of sp³-hybridized carbons (Fsp3) is 0.158. The number of benzene rings is 1. The number of hydrogen-bond acceptors (Lipinski definition) is 7. The number of rotatable bonds is 7. The van der Waals surface area contributed by atoms with Gasteiger partial charge in [0.25, 0.3) is 11.1 Å². The zero-order chi connectivity index (χ0) is 21.1. The number of thioether (sulfide) groups is 1. The number of carbonyl (C=O) groups excluding carboxylic acids is 2. The van der Waals surface area contributed by atoms with Crippen LogP contribution >= 0.6 is 23.5 Å². The highest BCUT2D eigenvalue weighted by molar-refractivity contribution is 8.18. The predicted octanol–water partition coefficient (Wildman–Crippen LogP) is 4.00. The van der Waals surface area contributed by atoms with Crippen molar-refractivity contribution in [3.63, 3.8) is 0 Å². The second kappa shape index (κ2) is 8.67. The Morgan fingerprint density at radius 3 is 2.93 bits per heavy atom. The summed E-state index contributed by atoms with van der Waals surface area (Å²) in [6, 6.07) is 11.2. The van der Waals surface area contributed by atoms with Crippen molar-refractivity contribution in [3.8, 4) is 0 Å². The molecule has 0 saturated carbocycles. The highest BCUT2D eigenvalue weighted by atomic mass is 32.2. The monoisotopic (exact) mass is 444 g/mol. The van der Waals surface area contributed by atoms with Gasteiger partial charge in [0.2, 0.25) is 0 Å². The van der Waals surface area contributed by atoms with Crippen LogP contribution in [0.5, 0.6) is 0 Å². The number of furan rings is 1. The summed E-state index contributed by atoms with van der Waals surface area (Å²) < 4.78 is 5.75. The minimum Gasteiger partial charge on any atom is -0.465 e. The first-order chi connectivity index (χ1) is 14.5. The molecule has 0 spiro atoms. The number of imide groups is 1. The van der Waals surface area contributed by atoms with Crippen molar-refractivity contribution in [2.45, 2.75) is 16.7 Å². The highest BCUT2D eigenvalue weighted by Crippen LogP contribution is 2.34. The number of fused-ring (bicyclic) bond motifs is 1. The van der Waals surface area contributed by atoms with Crippen molar-refractivity contribution in [2.24, 2.45) is 0 Å². The molecule has 2 aromatic heterocycles. The van der Waals surface area contributed by atoms with Crippen molar-refractivity contribution >= 4 is 57.9 Å². The predicted molar refractivity (Wildman–Crippen MR) is 112 cm³/mol. The number of aromatic amines is 1. The third kappa shape index (κ3) is 4.52. The first-order valence-corrected chi connectivity index (χ1v) is 10.6. The molecular weight excluding hydrogens is 428 g/mol. The molecule has 30 heavy (non-hydrogen) atoms. The number of H-pyrrole nitrogens is 1. The zero-order valence-electron chi connectivity index (χ0n) is 15.5. The largest absolute Gasteiger partial charge is 0.465 e. The third-order valence-electron chi connectivity index (χ3n) is 4.15. The van der Waals surface area contributed by atoms with Gasteiger partial charge in [0.15, 0.2) is 10.2 Å². The Hall–Kier alpha value is -3.18. The number of imidazole rings is 1. The van der Waals surface area contributed by atoms with Gasteiger partial charge in [0, 0.05) is 19.2 Å². The molecule has 3 N–H and O–H groups in total. The van der Waals surface area contributed by atoms with E-state index in [4.69, 9.17) is 9.52 Å². The summed E-state index contributed by atoms with van der Waals surface area (Å²) in [7, 11) is 0. The smallest absolute Gasteiger partial charge is 0.404 e. The van der Waals surface area contributed by atoms with E-state index in [9.17, 15) is 14.4 Å². The SMILES string of the molecule is O=C(O)NCCCN1C(=O)S/C(=C/c2ccc(Sc3nc4ccccc4[nH]3)o2)C1=O. The van der Waals surface area contributed by atoms with Crippen molar-refractivity contribution < 1.29 is 23.9 Å². The molecule has 154 valence electrons. The molecule has 0 unspecified atom stereocenters. The molecule has 1 saturated heterocycles. The second-order valence-corrected chi connectivity index (χ2v) is 8.22. The van der Waals surface area contributed by atoms with E-state index in [1.54, 1.807) is 12.1 Å². The Labute approximate surface area is 178 Å². The van der Waals surface area contributed by atoms with Gasteiger partial charge in [-0.3, -0.25) is 14.5 Å². The van der Waals surface area contributed by atoms with Crippen LogP contribution in [-0.2, 0) is 4.79 Å². The van der Waals surface area contributed by atoms with Gasteiger partial charge in [0.05, 0.1) is 15.9 Å². The van der Waals surface area contributed by atoms with E-state index in [2.05, 4.69) is 15.3 Å². The summed E-state index contributed by atoms with van der Waals surface area (Å²) in [6.45, 7) is 0.310. The van der Waals surface area contributed by atoms with Gasteiger partial charge in [-0.05, 0) is 54.2 Å². The number of carboxylic acid groups (broad SMARTS) is 1. The van der Waals surface area contributed by atoms with Gasteiger partial charge in [-0.25, -0.2) is 9.78 Å². The fourth-order valence-corrected chi connectivity index (χ4v) is 4.41. The second-order valence-electron chi connectivity index (χ2n) is 6.24. The van der Waals surface area contributed by atoms with Crippen molar-refractivity contribution in [3.05, 3.63) is 47.1 Å². The van der Waals surface area contributed by atoms with Crippen LogP contribution in [0.25, 0.3) is 17.1 Å². The Morgan fingerprint density at radius 1 is 1.30 bits per heavy atom. The summed E-state index contributed by atoms with van der Waals surface area (Å²) in [5.74, 6) is 0.0369. The molecule has 3 amide bonds. The third-order valence-corrected chi connectivity index (χ3v) is 5.86. The van der Waals surface area contributed by atoms with Gasteiger partial charge in [0.1, 0.15) is 5.76 Å². The average Bonchev–Trinajstić information content (AvgIpc) is 3.38. The number of amides is 3. The molecule has 1 aliphatic rings. The summed E-state index contributed by atoms with van der Waals surface area (Å²) in [5.41, 5.74) is 1.79. The van der Waals surface area contributed by atoms with Crippen molar-refractivity contribution in [1.82, 2.24) is 20.2 Å². The molecule has 3 aromatic rings. The molecule has 3 heterocycles. The summed E-state index contributed by atoms with van der Waals surface area (Å²) in [6.07, 6.45) is 0.734. The Kier molecular flexibility index (Phi) is 5.81. The van der Waals surface area contributed by atoms with Gasteiger partial charge in [-0.1, -0.05) is 12.1 Å². The first-order valence-electron chi connectivity index (χ1n) is 8.94. The van der Waals surface area contributed by atoms with Crippen molar-refractivity contribution in [2.75, 3.05) is 13.1 Å². The summed E-state index contributed by atoms with van der Waals surface area (Å²) >= 11 is 2.16. The van der Waals surface area contributed by atoms with Crippen LogP contribution in [0.15, 0.2) is 56.0 Å². The van der Waals surface area contributed by atoms with Crippen LogP contribution in [0, 0.1) is 0 Å². The maximum absolute atomic E-state index is 12.5. The minimum absolute atomic E-state index is 0.146. The van der Waals surface area contributed by atoms with Gasteiger partial charge in [-0.2, -0.15) is 0 Å². The Balaban J connectivity index is 1.40. The topological polar surface area (TPSA) is 129 Å². The van der Waals surface area contributed by atoms with E-state index >= 15 is 0 Å². The lowest BCUT2D eigenvalue weighted by Crippen LogP contribution is -2.32.